The number of anilines is 1. The first-order chi connectivity index (χ1) is 12.2. The molecule has 0 radical (unpaired) electrons. The summed E-state index contributed by atoms with van der Waals surface area (Å²) in [6, 6.07) is 19.5. The molecule has 0 saturated heterocycles. The van der Waals surface area contributed by atoms with Gasteiger partial charge in [0.25, 0.3) is 5.91 Å². The van der Waals surface area contributed by atoms with Gasteiger partial charge in [0.15, 0.2) is 0 Å². The number of carbonyl (C=O) groups is 1. The van der Waals surface area contributed by atoms with Crippen LogP contribution in [0.3, 0.4) is 0 Å². The Kier molecular flexibility index (Phi) is 3.99. The summed E-state index contributed by atoms with van der Waals surface area (Å²) in [5, 5.41) is 6.48. The predicted octanol–water partition coefficient (Wildman–Crippen LogP) is 4.92. The number of benzene rings is 2. The molecule has 5 heteroatoms. The van der Waals surface area contributed by atoms with E-state index in [-0.39, 0.29) is 5.91 Å². The number of aryl methyl sites for hydroxylation is 1. The number of aromatic nitrogens is 2. The van der Waals surface area contributed by atoms with Gasteiger partial charge in [0.1, 0.15) is 10.7 Å². The van der Waals surface area contributed by atoms with E-state index in [1.807, 2.05) is 67.6 Å². The van der Waals surface area contributed by atoms with E-state index in [0.717, 1.165) is 32.9 Å². The van der Waals surface area contributed by atoms with Crippen molar-refractivity contribution < 1.29 is 4.79 Å². The first-order valence-corrected chi connectivity index (χ1v) is 8.77. The second-order valence-electron chi connectivity index (χ2n) is 5.68. The minimum absolute atomic E-state index is 0.216. The van der Waals surface area contributed by atoms with Gasteiger partial charge in [-0.2, -0.15) is 0 Å². The summed E-state index contributed by atoms with van der Waals surface area (Å²) in [5.74, 6) is -0.216. The van der Waals surface area contributed by atoms with Gasteiger partial charge in [0.05, 0.1) is 11.2 Å². The van der Waals surface area contributed by atoms with Crippen molar-refractivity contribution in [1.82, 2.24) is 9.97 Å². The van der Waals surface area contributed by atoms with E-state index in [4.69, 9.17) is 0 Å². The summed E-state index contributed by atoms with van der Waals surface area (Å²) >= 11 is 1.46. The van der Waals surface area contributed by atoms with Crippen molar-refractivity contribution in [3.63, 3.8) is 0 Å². The maximum Gasteiger partial charge on any atom is 0.275 e. The Balaban J connectivity index is 1.62. The number of pyridine rings is 1. The van der Waals surface area contributed by atoms with E-state index in [9.17, 15) is 4.79 Å². The van der Waals surface area contributed by atoms with Crippen molar-refractivity contribution in [2.24, 2.45) is 0 Å². The molecule has 0 fully saturated rings. The number of fused-ring (bicyclic) bond motifs is 1. The van der Waals surface area contributed by atoms with Gasteiger partial charge < -0.3 is 5.32 Å². The van der Waals surface area contributed by atoms with Crippen LogP contribution in [0.25, 0.3) is 21.5 Å². The van der Waals surface area contributed by atoms with Gasteiger partial charge in [-0.1, -0.05) is 36.4 Å². The van der Waals surface area contributed by atoms with Gasteiger partial charge in [-0.25, -0.2) is 4.98 Å². The number of thiazole rings is 1. The number of carbonyl (C=O) groups excluding carboxylic acids is 1. The van der Waals surface area contributed by atoms with Crippen LogP contribution in [0.5, 0.6) is 0 Å². The third kappa shape index (κ3) is 3.14. The maximum atomic E-state index is 12.6. The molecule has 0 bridgehead atoms. The molecular weight excluding hydrogens is 330 g/mol. The van der Waals surface area contributed by atoms with E-state index in [1.54, 1.807) is 5.38 Å². The average Bonchev–Trinajstić information content (AvgIpc) is 3.13. The zero-order valence-electron chi connectivity index (χ0n) is 13.6. The van der Waals surface area contributed by atoms with Crippen LogP contribution in [0.1, 0.15) is 16.2 Å². The molecule has 1 amide bonds. The Morgan fingerprint density at radius 1 is 0.960 bits per heavy atom. The van der Waals surface area contributed by atoms with Crippen molar-refractivity contribution in [2.45, 2.75) is 6.92 Å². The van der Waals surface area contributed by atoms with Gasteiger partial charge in [0.2, 0.25) is 0 Å². The summed E-state index contributed by atoms with van der Waals surface area (Å²) in [6.45, 7) is 1.95. The van der Waals surface area contributed by atoms with Crippen molar-refractivity contribution in [3.05, 3.63) is 77.4 Å². The largest absolute Gasteiger partial charge is 0.320 e. The quantitative estimate of drug-likeness (QED) is 0.573. The van der Waals surface area contributed by atoms with Crippen LogP contribution < -0.4 is 5.32 Å². The molecule has 4 aromatic rings. The van der Waals surface area contributed by atoms with E-state index >= 15 is 0 Å². The third-order valence-electron chi connectivity index (χ3n) is 3.88. The Labute approximate surface area is 149 Å². The lowest BCUT2D eigenvalue weighted by molar-refractivity contribution is 0.102. The smallest absolute Gasteiger partial charge is 0.275 e. The normalized spacial score (nSPS) is 10.8. The van der Waals surface area contributed by atoms with E-state index in [2.05, 4.69) is 15.3 Å². The summed E-state index contributed by atoms with van der Waals surface area (Å²) < 4.78 is 0. The fourth-order valence-electron chi connectivity index (χ4n) is 2.64. The van der Waals surface area contributed by atoms with Gasteiger partial charge in [-0.15, -0.1) is 11.3 Å². The molecule has 25 heavy (non-hydrogen) atoms. The van der Waals surface area contributed by atoms with Gasteiger partial charge >= 0.3 is 0 Å². The van der Waals surface area contributed by atoms with Crippen LogP contribution in [0.4, 0.5) is 5.69 Å². The molecule has 2 heterocycles. The highest BCUT2D eigenvalue weighted by Crippen LogP contribution is 2.25. The molecule has 4 nitrogen and oxygen atoms in total. The lowest BCUT2D eigenvalue weighted by Gasteiger charge is -2.07. The standard InChI is InChI=1S/C20H15N3OS/c1-13-10-11-15-16(21-13)8-5-9-17(15)22-19(24)18-12-25-20(23-18)14-6-3-2-4-7-14/h2-12H,1H3,(H,22,24). The fourth-order valence-corrected chi connectivity index (χ4v) is 3.45. The number of nitrogens with zero attached hydrogens (tertiary/aromatic N) is 2. The second-order valence-corrected chi connectivity index (χ2v) is 6.54. The SMILES string of the molecule is Cc1ccc2c(NC(=O)c3csc(-c4ccccc4)n3)cccc2n1. The van der Waals surface area contributed by atoms with E-state index in [1.165, 1.54) is 11.3 Å². The van der Waals surface area contributed by atoms with Crippen molar-refractivity contribution >= 4 is 33.8 Å². The number of hydrogen-bond acceptors (Lipinski definition) is 4. The number of rotatable bonds is 3. The van der Waals surface area contributed by atoms with Crippen LogP contribution >= 0.6 is 11.3 Å². The Morgan fingerprint density at radius 3 is 2.64 bits per heavy atom. The molecule has 122 valence electrons. The minimum atomic E-state index is -0.216. The van der Waals surface area contributed by atoms with Gasteiger partial charge in [-0.05, 0) is 31.2 Å². The zero-order valence-corrected chi connectivity index (χ0v) is 14.4. The highest BCUT2D eigenvalue weighted by atomic mass is 32.1. The lowest BCUT2D eigenvalue weighted by atomic mass is 10.1. The maximum absolute atomic E-state index is 12.6. The molecule has 0 atom stereocenters. The molecule has 4 rings (SSSR count). The van der Waals surface area contributed by atoms with Crippen molar-refractivity contribution in [3.8, 4) is 10.6 Å². The molecule has 0 saturated carbocycles. The van der Waals surface area contributed by atoms with Crippen LogP contribution in [-0.4, -0.2) is 15.9 Å². The minimum Gasteiger partial charge on any atom is -0.320 e. The Bertz CT molecular complexity index is 1060. The van der Waals surface area contributed by atoms with Gasteiger partial charge in [-0.3, -0.25) is 9.78 Å². The van der Waals surface area contributed by atoms with Crippen LogP contribution in [0.2, 0.25) is 0 Å². The number of nitrogens with one attached hydrogen (secondary N) is 1. The summed E-state index contributed by atoms with van der Waals surface area (Å²) in [7, 11) is 0. The van der Waals surface area contributed by atoms with Gasteiger partial charge in [0, 0.05) is 22.0 Å². The molecule has 2 aromatic heterocycles. The Hall–Kier alpha value is -3.05. The molecular formula is C20H15N3OS. The van der Waals surface area contributed by atoms with E-state index < -0.39 is 0 Å². The first-order valence-electron chi connectivity index (χ1n) is 7.89. The topological polar surface area (TPSA) is 54.9 Å². The second kappa shape index (κ2) is 6.45. The molecule has 0 unspecified atom stereocenters. The van der Waals surface area contributed by atoms with Crippen LogP contribution in [0.15, 0.2) is 66.0 Å². The molecule has 0 aliphatic heterocycles. The lowest BCUT2D eigenvalue weighted by Crippen LogP contribution is -2.12. The van der Waals surface area contributed by atoms with Crippen LogP contribution in [-0.2, 0) is 0 Å². The van der Waals surface area contributed by atoms with Crippen LogP contribution in [0, 0.1) is 6.92 Å². The summed E-state index contributed by atoms with van der Waals surface area (Å²) in [5.41, 5.74) is 3.98. The number of hydrogen-bond donors (Lipinski definition) is 1. The molecule has 1 N–H and O–H groups in total. The number of amides is 1. The highest BCUT2D eigenvalue weighted by Gasteiger charge is 2.13. The molecule has 0 aliphatic carbocycles. The highest BCUT2D eigenvalue weighted by molar-refractivity contribution is 7.13. The first kappa shape index (κ1) is 15.5. The van der Waals surface area contributed by atoms with Crippen molar-refractivity contribution in [2.75, 3.05) is 5.32 Å². The fraction of sp³-hybridized carbons (Fsp3) is 0.0500. The molecule has 0 spiro atoms. The monoisotopic (exact) mass is 345 g/mol. The summed E-state index contributed by atoms with van der Waals surface area (Å²) in [4.78, 5) is 21.5. The average molecular weight is 345 g/mol. The predicted molar refractivity (Wildman–Crippen MR) is 102 cm³/mol. The zero-order chi connectivity index (χ0) is 17.2. The molecule has 2 aromatic carbocycles. The Morgan fingerprint density at radius 2 is 1.80 bits per heavy atom. The summed E-state index contributed by atoms with van der Waals surface area (Å²) in [6.07, 6.45) is 0. The van der Waals surface area contributed by atoms with Crippen molar-refractivity contribution in [1.29, 1.82) is 0 Å². The van der Waals surface area contributed by atoms with E-state index in [0.29, 0.717) is 5.69 Å². The molecule has 0 aliphatic rings. The third-order valence-corrected chi connectivity index (χ3v) is 4.77.